The quantitative estimate of drug-likeness (QED) is 0.319. The summed E-state index contributed by atoms with van der Waals surface area (Å²) in [5, 5.41) is 23.7. The van der Waals surface area contributed by atoms with Crippen molar-refractivity contribution in [3.8, 4) is 11.5 Å². The van der Waals surface area contributed by atoms with Crippen LogP contribution in [0.1, 0.15) is 69.1 Å². The molecule has 0 unspecified atom stereocenters. The van der Waals surface area contributed by atoms with E-state index in [4.69, 9.17) is 4.43 Å². The highest BCUT2D eigenvalue weighted by Gasteiger charge is 2.39. The summed E-state index contributed by atoms with van der Waals surface area (Å²) in [5.41, 5.74) is 2.29. The van der Waals surface area contributed by atoms with E-state index in [9.17, 15) is 15.0 Å². The highest BCUT2D eigenvalue weighted by molar-refractivity contribution is 6.74. The van der Waals surface area contributed by atoms with Crippen molar-refractivity contribution in [2.45, 2.75) is 77.7 Å². The average molecular weight is 458 g/mol. The summed E-state index contributed by atoms with van der Waals surface area (Å²) in [5.74, 6) is 0.0948. The molecular formula is C26H39NO4Si. The molecule has 176 valence electrons. The van der Waals surface area contributed by atoms with Crippen LogP contribution in [0.3, 0.4) is 0 Å². The first kappa shape index (κ1) is 26.1. The van der Waals surface area contributed by atoms with Crippen LogP contribution in [0.5, 0.6) is 11.5 Å². The van der Waals surface area contributed by atoms with E-state index >= 15 is 0 Å². The molecule has 0 heterocycles. The van der Waals surface area contributed by atoms with Crippen molar-refractivity contribution in [1.82, 2.24) is 5.32 Å². The van der Waals surface area contributed by atoms with Crippen LogP contribution in [0.4, 0.5) is 0 Å². The summed E-state index contributed by atoms with van der Waals surface area (Å²) >= 11 is 0. The van der Waals surface area contributed by atoms with Crippen molar-refractivity contribution >= 4 is 14.1 Å². The van der Waals surface area contributed by atoms with Gasteiger partial charge >= 0.3 is 0 Å². The number of aromatic hydroxyl groups is 2. The minimum atomic E-state index is -2.12. The molecule has 0 radical (unpaired) electrons. The standard InChI is InChI=1S/C26H39NO4Si/c1-18(28)20-11-9-10-19(12-20)16-26(5,6)27-17-24(31-32(7,8)25(2,3)4)21-13-22(29)15-23(30)14-21/h9-15,24,27,29-30H,16-17H2,1-8H3/t24-/m1/s1. The van der Waals surface area contributed by atoms with Gasteiger partial charge in [0.25, 0.3) is 0 Å². The van der Waals surface area contributed by atoms with Gasteiger partial charge in [-0.1, -0.05) is 39.0 Å². The van der Waals surface area contributed by atoms with Gasteiger partial charge in [-0.15, -0.1) is 0 Å². The molecule has 1 atom stereocenters. The number of hydrogen-bond donors (Lipinski definition) is 3. The maximum absolute atomic E-state index is 11.7. The third-order valence-corrected chi connectivity index (χ3v) is 10.8. The van der Waals surface area contributed by atoms with Crippen molar-refractivity contribution in [2.24, 2.45) is 0 Å². The summed E-state index contributed by atoms with van der Waals surface area (Å²) in [7, 11) is -2.12. The zero-order valence-corrected chi connectivity index (χ0v) is 21.7. The molecule has 0 aromatic heterocycles. The molecule has 0 bridgehead atoms. The average Bonchev–Trinajstić information content (AvgIpc) is 2.63. The smallest absolute Gasteiger partial charge is 0.192 e. The Balaban J connectivity index is 2.25. The number of carbonyl (C=O) groups is 1. The Morgan fingerprint density at radius 3 is 2.16 bits per heavy atom. The van der Waals surface area contributed by atoms with E-state index in [0.29, 0.717) is 12.1 Å². The Hall–Kier alpha value is -2.15. The Morgan fingerprint density at radius 1 is 1.03 bits per heavy atom. The third kappa shape index (κ3) is 7.19. The topological polar surface area (TPSA) is 78.8 Å². The fourth-order valence-corrected chi connectivity index (χ4v) is 4.69. The largest absolute Gasteiger partial charge is 0.508 e. The predicted octanol–water partition coefficient (Wildman–Crippen LogP) is 5.97. The van der Waals surface area contributed by atoms with Crippen LogP contribution in [0.15, 0.2) is 42.5 Å². The van der Waals surface area contributed by atoms with Crippen LogP contribution < -0.4 is 5.32 Å². The molecule has 2 aromatic carbocycles. The zero-order valence-electron chi connectivity index (χ0n) is 20.7. The number of benzene rings is 2. The molecule has 0 fully saturated rings. The summed E-state index contributed by atoms with van der Waals surface area (Å²) in [6.45, 7) is 17.3. The number of carbonyl (C=O) groups excluding carboxylic acids is 1. The number of rotatable bonds is 9. The molecule has 6 heteroatoms. The number of ketones is 1. The Labute approximate surface area is 194 Å². The zero-order chi connectivity index (χ0) is 24.3. The van der Waals surface area contributed by atoms with Gasteiger partial charge in [-0.05, 0) is 74.7 Å². The monoisotopic (exact) mass is 457 g/mol. The first-order valence-corrected chi connectivity index (χ1v) is 14.1. The molecule has 2 rings (SSSR count). The van der Waals surface area contributed by atoms with Gasteiger partial charge in [0.05, 0.1) is 6.10 Å². The van der Waals surface area contributed by atoms with Crippen LogP contribution >= 0.6 is 0 Å². The first-order valence-electron chi connectivity index (χ1n) is 11.2. The molecule has 0 saturated carbocycles. The highest BCUT2D eigenvalue weighted by atomic mass is 28.4. The fourth-order valence-electron chi connectivity index (χ4n) is 3.41. The number of nitrogens with one attached hydrogen (secondary N) is 1. The second-order valence-electron chi connectivity index (χ2n) is 10.8. The van der Waals surface area contributed by atoms with Crippen LogP contribution in [-0.2, 0) is 10.8 Å². The number of phenolic OH excluding ortho intramolecular Hbond substituents is 2. The lowest BCUT2D eigenvalue weighted by atomic mass is 9.93. The second-order valence-corrected chi connectivity index (χ2v) is 15.6. The molecule has 0 spiro atoms. The second kappa shape index (κ2) is 9.77. The molecule has 0 aliphatic heterocycles. The molecule has 32 heavy (non-hydrogen) atoms. The van der Waals surface area contributed by atoms with E-state index < -0.39 is 8.32 Å². The summed E-state index contributed by atoms with van der Waals surface area (Å²) in [4.78, 5) is 11.7. The lowest BCUT2D eigenvalue weighted by Gasteiger charge is -2.40. The third-order valence-electron chi connectivity index (χ3n) is 6.29. The van der Waals surface area contributed by atoms with Gasteiger partial charge in [0, 0.05) is 23.7 Å². The van der Waals surface area contributed by atoms with Crippen molar-refractivity contribution in [2.75, 3.05) is 6.54 Å². The normalized spacial score (nSPS) is 13.8. The minimum Gasteiger partial charge on any atom is -0.508 e. The van der Waals surface area contributed by atoms with Gasteiger partial charge in [0.2, 0.25) is 0 Å². The first-order chi connectivity index (χ1) is 14.6. The van der Waals surface area contributed by atoms with Crippen LogP contribution in [0, 0.1) is 0 Å². The highest BCUT2D eigenvalue weighted by Crippen LogP contribution is 2.40. The number of phenols is 2. The molecule has 0 saturated heterocycles. The van der Waals surface area contributed by atoms with Crippen LogP contribution in [-0.4, -0.2) is 36.4 Å². The van der Waals surface area contributed by atoms with E-state index in [-0.39, 0.29) is 34.0 Å². The van der Waals surface area contributed by atoms with E-state index in [2.05, 4.69) is 53.0 Å². The van der Waals surface area contributed by atoms with E-state index in [1.165, 1.54) is 6.07 Å². The molecule has 2 aromatic rings. The summed E-state index contributed by atoms with van der Waals surface area (Å²) in [6.07, 6.45) is 0.420. The fraction of sp³-hybridized carbons (Fsp3) is 0.500. The molecule has 5 nitrogen and oxygen atoms in total. The maximum Gasteiger partial charge on any atom is 0.192 e. The van der Waals surface area contributed by atoms with Gasteiger partial charge in [-0.2, -0.15) is 0 Å². The van der Waals surface area contributed by atoms with Gasteiger partial charge < -0.3 is 20.0 Å². The van der Waals surface area contributed by atoms with E-state index in [0.717, 1.165) is 17.5 Å². The lowest BCUT2D eigenvalue weighted by Crippen LogP contribution is -2.47. The maximum atomic E-state index is 11.7. The van der Waals surface area contributed by atoms with Crippen LogP contribution in [0.25, 0.3) is 0 Å². The van der Waals surface area contributed by atoms with Gasteiger partial charge in [-0.25, -0.2) is 0 Å². The molecular weight excluding hydrogens is 418 g/mol. The van der Waals surface area contributed by atoms with E-state index in [1.54, 1.807) is 19.1 Å². The van der Waals surface area contributed by atoms with Crippen LogP contribution in [0.2, 0.25) is 18.1 Å². The van der Waals surface area contributed by atoms with Crippen molar-refractivity contribution < 1.29 is 19.4 Å². The predicted molar refractivity (Wildman–Crippen MR) is 133 cm³/mol. The Morgan fingerprint density at radius 2 is 1.62 bits per heavy atom. The minimum absolute atomic E-state index is 0.0177. The van der Waals surface area contributed by atoms with Crippen molar-refractivity contribution in [1.29, 1.82) is 0 Å². The Bertz CT molecular complexity index is 927. The summed E-state index contributed by atoms with van der Waals surface area (Å²) in [6, 6.07) is 12.4. The van der Waals surface area contributed by atoms with E-state index in [1.807, 2.05) is 24.3 Å². The molecule has 0 aliphatic rings. The number of hydrogen-bond acceptors (Lipinski definition) is 5. The van der Waals surface area contributed by atoms with Gasteiger partial charge in [0.1, 0.15) is 11.5 Å². The van der Waals surface area contributed by atoms with Crippen molar-refractivity contribution in [3.05, 3.63) is 59.2 Å². The molecule has 3 N–H and O–H groups in total. The number of Topliss-reactive ketones (excluding diaryl/α,β-unsaturated/α-hetero) is 1. The van der Waals surface area contributed by atoms with Gasteiger partial charge in [0.15, 0.2) is 14.1 Å². The lowest BCUT2D eigenvalue weighted by molar-refractivity contribution is 0.101. The molecule has 0 amide bonds. The molecule has 0 aliphatic carbocycles. The van der Waals surface area contributed by atoms with Crippen molar-refractivity contribution in [3.63, 3.8) is 0 Å². The van der Waals surface area contributed by atoms with Gasteiger partial charge in [-0.3, -0.25) is 4.79 Å². The summed E-state index contributed by atoms with van der Waals surface area (Å²) < 4.78 is 6.70. The SMILES string of the molecule is CC(=O)c1cccc(CC(C)(C)NC[C@@H](O[Si](C)(C)C(C)(C)C)c2cc(O)cc(O)c2)c1. The Kier molecular flexibility index (Phi) is 7.97.